The number of tetrazole rings is 1. The zero-order valence-electron chi connectivity index (χ0n) is 20.1. The third-order valence-electron chi connectivity index (χ3n) is 7.37. The molecular weight excluding hydrogens is 446 g/mol. The Morgan fingerprint density at radius 2 is 2.23 bits per heavy atom. The van der Waals surface area contributed by atoms with Gasteiger partial charge < -0.3 is 14.9 Å². The lowest BCUT2D eigenvalue weighted by atomic mass is 9.91. The van der Waals surface area contributed by atoms with Gasteiger partial charge in [0.1, 0.15) is 0 Å². The number of aromatic amines is 1. The van der Waals surface area contributed by atoms with E-state index in [0.29, 0.717) is 25.3 Å². The Balaban J connectivity index is 1.36. The van der Waals surface area contributed by atoms with Gasteiger partial charge in [0.05, 0.1) is 18.6 Å². The molecule has 0 spiro atoms. The van der Waals surface area contributed by atoms with Gasteiger partial charge in [-0.15, -0.1) is 10.2 Å². The molecule has 35 heavy (non-hydrogen) atoms. The first kappa shape index (κ1) is 23.4. The fourth-order valence-electron chi connectivity index (χ4n) is 5.27. The summed E-state index contributed by atoms with van der Waals surface area (Å²) in [6.07, 6.45) is 6.11. The van der Waals surface area contributed by atoms with Crippen molar-refractivity contribution in [1.82, 2.24) is 35.3 Å². The fourth-order valence-corrected chi connectivity index (χ4v) is 5.27. The number of nitrogens with one attached hydrogen (secondary N) is 1. The Labute approximate surface area is 204 Å². The summed E-state index contributed by atoms with van der Waals surface area (Å²) in [5.41, 5.74) is 3.76. The number of rotatable bonds is 7. The van der Waals surface area contributed by atoms with Crippen LogP contribution in [0.4, 0.5) is 0 Å². The lowest BCUT2D eigenvalue weighted by molar-refractivity contribution is -0.131. The first-order valence-electron chi connectivity index (χ1n) is 12.1. The molecule has 2 N–H and O–H groups in total. The molecule has 2 aliphatic heterocycles. The molecule has 10 nitrogen and oxygen atoms in total. The molecule has 10 heteroatoms. The molecule has 5 rings (SSSR count). The minimum absolute atomic E-state index is 0.00763. The van der Waals surface area contributed by atoms with Crippen molar-refractivity contribution in [1.29, 1.82) is 0 Å². The molecule has 184 valence electrons. The van der Waals surface area contributed by atoms with Crippen LogP contribution in [-0.4, -0.2) is 92.1 Å². The highest BCUT2D eigenvalue weighted by atomic mass is 16.3. The number of hydrogen-bond donors (Lipinski definition) is 2. The second kappa shape index (κ2) is 9.71. The number of β-amino-alcohol motifs (C(OH)–C–C–N with tert-alkyl or cyclic N) is 1. The molecule has 2 aromatic rings. The smallest absolute Gasteiger partial charge is 0.227 e. The van der Waals surface area contributed by atoms with Crippen molar-refractivity contribution in [2.75, 3.05) is 33.7 Å². The Kier molecular flexibility index (Phi) is 6.48. The van der Waals surface area contributed by atoms with Crippen LogP contribution in [0, 0.1) is 5.92 Å². The van der Waals surface area contributed by atoms with Crippen LogP contribution < -0.4 is 0 Å². The van der Waals surface area contributed by atoms with Crippen LogP contribution >= 0.6 is 0 Å². The van der Waals surface area contributed by atoms with Gasteiger partial charge in [-0.05, 0) is 41.3 Å². The van der Waals surface area contributed by atoms with Gasteiger partial charge in [0.25, 0.3) is 0 Å². The van der Waals surface area contributed by atoms with Gasteiger partial charge in [0, 0.05) is 57.3 Å². The zero-order valence-corrected chi connectivity index (χ0v) is 20.1. The average Bonchev–Trinajstić information content (AvgIpc) is 3.59. The maximum atomic E-state index is 13.5. The third-order valence-corrected chi connectivity index (χ3v) is 7.37. The molecule has 0 bridgehead atoms. The van der Waals surface area contributed by atoms with E-state index in [1.165, 1.54) is 0 Å². The van der Waals surface area contributed by atoms with Crippen molar-refractivity contribution in [3.63, 3.8) is 0 Å². The van der Waals surface area contributed by atoms with Crippen LogP contribution in [-0.2, 0) is 9.59 Å². The van der Waals surface area contributed by atoms with Crippen LogP contribution in [0.3, 0.4) is 0 Å². The molecule has 1 aliphatic carbocycles. The zero-order chi connectivity index (χ0) is 24.5. The summed E-state index contributed by atoms with van der Waals surface area (Å²) in [5, 5.41) is 24.3. The predicted octanol–water partition coefficient (Wildman–Crippen LogP) is 1.52. The Morgan fingerprint density at radius 1 is 1.37 bits per heavy atom. The molecule has 2 saturated heterocycles. The maximum absolute atomic E-state index is 13.5. The van der Waals surface area contributed by atoms with E-state index in [2.05, 4.69) is 31.6 Å². The van der Waals surface area contributed by atoms with E-state index in [-0.39, 0.29) is 36.3 Å². The standard InChI is InChI=1S/C25H31N7O3/c1-30-21-10-16(6-7-18(21)13-24(30)35)11-23(34)31(2)22(15-32-9-8-20(33)14-32)17-4-3-5-19(12-17)25-26-28-29-27-25/h3-6,10,12,18,20,22,33H,7-9,11,13-15H2,1-2H3,(H,26,27,28,29)/t18?,20-,22+/m0/s1. The monoisotopic (exact) mass is 477 g/mol. The highest BCUT2D eigenvalue weighted by molar-refractivity contribution is 5.83. The summed E-state index contributed by atoms with van der Waals surface area (Å²) in [5.74, 6) is 0.869. The second-order valence-corrected chi connectivity index (χ2v) is 9.70. The number of likely N-dealkylation sites (N-methyl/N-ethyl adjacent to an activating group) is 1. The van der Waals surface area contributed by atoms with E-state index < -0.39 is 0 Å². The number of fused-ring (bicyclic) bond motifs is 1. The topological polar surface area (TPSA) is 119 Å². The SMILES string of the molecule is CN1C(=O)CC2CC=C(CC(=O)N(C)[C@H](CN3CC[C@H](O)C3)c3cccc(-c4nn[nH]n4)c3)C=C21. The molecule has 1 aromatic heterocycles. The molecule has 2 amide bonds. The van der Waals surface area contributed by atoms with E-state index in [1.54, 1.807) is 9.80 Å². The highest BCUT2D eigenvalue weighted by Gasteiger charge is 2.34. The molecule has 0 radical (unpaired) electrons. The number of carbonyl (C=O) groups excluding carboxylic acids is 2. The average molecular weight is 478 g/mol. The van der Waals surface area contributed by atoms with Gasteiger partial charge in [-0.1, -0.05) is 24.3 Å². The molecule has 1 aromatic carbocycles. The number of nitrogens with zero attached hydrogens (tertiary/aromatic N) is 6. The Bertz CT molecular complexity index is 1160. The summed E-state index contributed by atoms with van der Waals surface area (Å²) < 4.78 is 0. The predicted molar refractivity (Wildman–Crippen MR) is 128 cm³/mol. The molecule has 1 unspecified atom stereocenters. The summed E-state index contributed by atoms with van der Waals surface area (Å²) in [4.78, 5) is 31.3. The van der Waals surface area contributed by atoms with Crippen LogP contribution in [0.5, 0.6) is 0 Å². The quantitative estimate of drug-likeness (QED) is 0.621. The van der Waals surface area contributed by atoms with Gasteiger partial charge >= 0.3 is 0 Å². The number of allylic oxidation sites excluding steroid dienone is 3. The lowest BCUT2D eigenvalue weighted by Crippen LogP contribution is -2.39. The van der Waals surface area contributed by atoms with E-state index in [0.717, 1.165) is 41.8 Å². The summed E-state index contributed by atoms with van der Waals surface area (Å²) in [7, 11) is 3.65. The highest BCUT2D eigenvalue weighted by Crippen LogP contribution is 2.36. The van der Waals surface area contributed by atoms with Crippen molar-refractivity contribution in [2.24, 2.45) is 5.92 Å². The van der Waals surface area contributed by atoms with Gasteiger partial charge in [-0.3, -0.25) is 14.5 Å². The first-order valence-corrected chi connectivity index (χ1v) is 12.1. The van der Waals surface area contributed by atoms with Crippen LogP contribution in [0.2, 0.25) is 0 Å². The number of hydrogen-bond acceptors (Lipinski definition) is 7. The van der Waals surface area contributed by atoms with Crippen molar-refractivity contribution in [3.05, 3.63) is 53.3 Å². The van der Waals surface area contributed by atoms with Crippen LogP contribution in [0.15, 0.2) is 47.7 Å². The number of amides is 2. The molecule has 3 aliphatic rings. The number of benzene rings is 1. The number of aliphatic hydroxyl groups is 1. The van der Waals surface area contributed by atoms with Gasteiger partial charge in [0.15, 0.2) is 0 Å². The second-order valence-electron chi connectivity index (χ2n) is 9.70. The number of likely N-dealkylation sites (tertiary alicyclic amines) is 2. The largest absolute Gasteiger partial charge is 0.392 e. The first-order chi connectivity index (χ1) is 16.9. The van der Waals surface area contributed by atoms with Gasteiger partial charge in [0.2, 0.25) is 17.6 Å². The van der Waals surface area contributed by atoms with Crippen molar-refractivity contribution in [3.8, 4) is 11.4 Å². The molecular formula is C25H31N7O3. The molecule has 3 atom stereocenters. The van der Waals surface area contributed by atoms with Crippen LogP contribution in [0.25, 0.3) is 11.4 Å². The number of carbonyl (C=O) groups is 2. The Morgan fingerprint density at radius 3 is 2.97 bits per heavy atom. The minimum atomic E-state index is -0.333. The van der Waals surface area contributed by atoms with E-state index in [1.807, 2.05) is 44.4 Å². The van der Waals surface area contributed by atoms with E-state index in [9.17, 15) is 14.7 Å². The Hall–Kier alpha value is -3.37. The van der Waals surface area contributed by atoms with E-state index in [4.69, 9.17) is 0 Å². The number of H-pyrrole nitrogens is 1. The summed E-state index contributed by atoms with van der Waals surface area (Å²) in [6.45, 7) is 2.01. The molecule has 0 saturated carbocycles. The molecule has 2 fully saturated rings. The van der Waals surface area contributed by atoms with E-state index >= 15 is 0 Å². The number of aliphatic hydroxyl groups excluding tert-OH is 1. The summed E-state index contributed by atoms with van der Waals surface area (Å²) in [6, 6.07) is 7.65. The van der Waals surface area contributed by atoms with Gasteiger partial charge in [-0.2, -0.15) is 5.21 Å². The van der Waals surface area contributed by atoms with Crippen molar-refractivity contribution < 1.29 is 14.7 Å². The number of aromatic nitrogens is 4. The van der Waals surface area contributed by atoms with Crippen molar-refractivity contribution in [2.45, 2.75) is 37.8 Å². The van der Waals surface area contributed by atoms with Crippen molar-refractivity contribution >= 4 is 11.8 Å². The third kappa shape index (κ3) is 4.89. The normalized spacial score (nSPS) is 23.2. The minimum Gasteiger partial charge on any atom is -0.392 e. The maximum Gasteiger partial charge on any atom is 0.227 e. The fraction of sp³-hybridized carbons (Fsp3) is 0.480. The summed E-state index contributed by atoms with van der Waals surface area (Å²) >= 11 is 0. The van der Waals surface area contributed by atoms with Gasteiger partial charge in [-0.25, -0.2) is 0 Å². The lowest BCUT2D eigenvalue weighted by Gasteiger charge is -2.33. The van der Waals surface area contributed by atoms with Crippen LogP contribution in [0.1, 0.15) is 37.3 Å². The molecule has 3 heterocycles.